The van der Waals surface area contributed by atoms with E-state index in [-0.39, 0.29) is 69.7 Å². The van der Waals surface area contributed by atoms with E-state index in [4.69, 9.17) is 28.5 Å². The molecule has 2 heterocycles. The second-order valence-corrected chi connectivity index (χ2v) is 13.5. The molecule has 4 aliphatic rings. The highest BCUT2D eigenvalue weighted by Gasteiger charge is 2.65. The molecule has 1 saturated carbocycles. The first-order valence-electron chi connectivity index (χ1n) is 18.0. The molecule has 51 heavy (non-hydrogen) atoms. The summed E-state index contributed by atoms with van der Waals surface area (Å²) in [7, 11) is 1.51. The van der Waals surface area contributed by atoms with Gasteiger partial charge >= 0.3 is 6.09 Å². The monoisotopic (exact) mass is 706 g/mol. The summed E-state index contributed by atoms with van der Waals surface area (Å²) in [5, 5.41) is 34.9. The van der Waals surface area contributed by atoms with E-state index in [0.29, 0.717) is 35.8 Å². The van der Waals surface area contributed by atoms with Crippen LogP contribution < -0.4 is 14.2 Å². The molecule has 0 saturated heterocycles. The van der Waals surface area contributed by atoms with Crippen LogP contribution in [0.2, 0.25) is 0 Å². The van der Waals surface area contributed by atoms with Crippen LogP contribution in [0.3, 0.4) is 0 Å². The first-order chi connectivity index (χ1) is 24.9. The number of carbonyl (C=O) groups excluding carboxylic acids is 1. The number of aromatic hydroxyl groups is 1. The lowest BCUT2D eigenvalue weighted by atomic mass is 9.55. The molecule has 12 heteroatoms. The highest BCUT2D eigenvalue weighted by atomic mass is 16.7. The minimum atomic E-state index is -1.43. The van der Waals surface area contributed by atoms with Gasteiger partial charge in [-0.3, -0.25) is 4.90 Å². The van der Waals surface area contributed by atoms with Crippen molar-refractivity contribution in [2.45, 2.75) is 76.2 Å². The second kappa shape index (κ2) is 16.4. The van der Waals surface area contributed by atoms with Gasteiger partial charge in [0.05, 0.1) is 24.8 Å². The molecule has 2 aromatic rings. The second-order valence-electron chi connectivity index (χ2n) is 13.5. The number of aliphatic hydroxyl groups excluding tert-OH is 2. The van der Waals surface area contributed by atoms with Gasteiger partial charge in [0.2, 0.25) is 12.6 Å². The molecule has 0 aromatic heterocycles. The smallest absolute Gasteiger partial charge is 0.410 e. The average Bonchev–Trinajstić information content (AvgIpc) is 3.60. The van der Waals surface area contributed by atoms with Gasteiger partial charge in [0.25, 0.3) is 0 Å². The average molecular weight is 707 g/mol. The maximum atomic E-state index is 14.2. The van der Waals surface area contributed by atoms with E-state index in [1.54, 1.807) is 36.1 Å². The number of phenolic OH excluding ortho intramolecular Hbond substituents is 1. The zero-order valence-electron chi connectivity index (χ0n) is 29.5. The van der Waals surface area contributed by atoms with Gasteiger partial charge in [-0.2, -0.15) is 0 Å². The number of oxime groups is 1. The van der Waals surface area contributed by atoms with E-state index in [1.165, 1.54) is 7.11 Å². The molecule has 1 amide bonds. The Morgan fingerprint density at radius 2 is 1.82 bits per heavy atom. The van der Waals surface area contributed by atoms with Crippen LogP contribution in [0.1, 0.15) is 68.9 Å². The number of phenols is 1. The Bertz CT molecular complexity index is 1610. The van der Waals surface area contributed by atoms with Crippen molar-refractivity contribution in [3.8, 4) is 23.0 Å². The van der Waals surface area contributed by atoms with E-state index >= 15 is 0 Å². The predicted molar refractivity (Wildman–Crippen MR) is 189 cm³/mol. The van der Waals surface area contributed by atoms with Gasteiger partial charge in [-0.15, -0.1) is 6.58 Å². The van der Waals surface area contributed by atoms with Gasteiger partial charge in [-0.25, -0.2) is 4.79 Å². The van der Waals surface area contributed by atoms with Crippen molar-refractivity contribution in [1.29, 1.82) is 0 Å². The van der Waals surface area contributed by atoms with Crippen LogP contribution >= 0.6 is 0 Å². The summed E-state index contributed by atoms with van der Waals surface area (Å²) in [6.45, 7) is 6.49. The van der Waals surface area contributed by atoms with E-state index < -0.39 is 23.8 Å². The maximum absolute atomic E-state index is 14.2. The van der Waals surface area contributed by atoms with Crippen LogP contribution in [0.5, 0.6) is 23.0 Å². The van der Waals surface area contributed by atoms with Gasteiger partial charge < -0.3 is 43.8 Å². The largest absolute Gasteiger partial charge is 0.508 e. The van der Waals surface area contributed by atoms with Crippen molar-refractivity contribution in [3.63, 3.8) is 0 Å². The Balaban J connectivity index is 1.56. The fraction of sp³-hybridized carbons (Fsp3) is 0.538. The van der Waals surface area contributed by atoms with Gasteiger partial charge in [0.1, 0.15) is 24.7 Å². The zero-order valence-corrected chi connectivity index (χ0v) is 29.5. The van der Waals surface area contributed by atoms with Crippen LogP contribution in [0.4, 0.5) is 4.79 Å². The molecular formula is C39H50N2O10. The van der Waals surface area contributed by atoms with Gasteiger partial charge in [-0.1, -0.05) is 36.2 Å². The van der Waals surface area contributed by atoms with Gasteiger partial charge in [0.15, 0.2) is 11.5 Å². The van der Waals surface area contributed by atoms with Crippen LogP contribution in [0.25, 0.3) is 0 Å². The number of benzene rings is 2. The summed E-state index contributed by atoms with van der Waals surface area (Å²) >= 11 is 0. The van der Waals surface area contributed by atoms with E-state index in [9.17, 15) is 20.1 Å². The third-order valence-electron chi connectivity index (χ3n) is 10.5. The molecule has 2 aliphatic heterocycles. The topological polar surface area (TPSA) is 149 Å². The third kappa shape index (κ3) is 7.27. The summed E-state index contributed by atoms with van der Waals surface area (Å²) in [6, 6.07) is 9.98. The predicted octanol–water partition coefficient (Wildman–Crippen LogP) is 6.04. The van der Waals surface area contributed by atoms with Crippen LogP contribution in [0.15, 0.2) is 65.9 Å². The molecule has 3 N–H and O–H groups in total. The van der Waals surface area contributed by atoms with E-state index in [2.05, 4.69) is 17.8 Å². The number of fused-ring (bicyclic) bond motifs is 3. The van der Waals surface area contributed by atoms with Crippen molar-refractivity contribution in [2.75, 3.05) is 40.3 Å². The highest BCUT2D eigenvalue weighted by Crippen LogP contribution is 2.62. The molecular weight excluding hydrogens is 656 g/mol. The first kappa shape index (κ1) is 36.5. The fourth-order valence-corrected chi connectivity index (χ4v) is 8.51. The van der Waals surface area contributed by atoms with Gasteiger partial charge in [0, 0.05) is 37.7 Å². The SMILES string of the molecule is C=CCO[C@@]12Oc3ccc(O)cc3[C@H]3[C@H](CCCCO)[C@@H](CCCCO)C=C(C(=NOC)C[C@@H]1N(Cc1ccc4c(c1)OCO4)C(=O)OCC)[C@H]32. The molecule has 0 unspecified atom stereocenters. The first-order valence-corrected chi connectivity index (χ1v) is 18.0. The van der Waals surface area contributed by atoms with Crippen molar-refractivity contribution in [2.24, 2.45) is 22.9 Å². The molecule has 6 atom stereocenters. The molecule has 12 nitrogen and oxygen atoms in total. The Morgan fingerprint density at radius 3 is 2.57 bits per heavy atom. The summed E-state index contributed by atoms with van der Waals surface area (Å²) < 4.78 is 30.9. The number of aliphatic hydroxyl groups is 2. The number of hydrogen-bond acceptors (Lipinski definition) is 11. The molecule has 2 aromatic carbocycles. The van der Waals surface area contributed by atoms with Crippen LogP contribution in [-0.2, 0) is 20.9 Å². The Labute approximate surface area is 299 Å². The van der Waals surface area contributed by atoms with Crippen molar-refractivity contribution in [1.82, 2.24) is 4.90 Å². The normalized spacial score (nSPS) is 26.4. The number of allylic oxidation sites excluding steroid dienone is 1. The van der Waals surface area contributed by atoms with Crippen molar-refractivity contribution in [3.05, 3.63) is 71.8 Å². The lowest BCUT2D eigenvalue weighted by Gasteiger charge is -2.59. The molecule has 6 rings (SSSR count). The summed E-state index contributed by atoms with van der Waals surface area (Å²) in [5.41, 5.74) is 3.23. The number of carbonyl (C=O) groups is 1. The summed E-state index contributed by atoms with van der Waals surface area (Å²) in [5.74, 6) is -0.108. The molecule has 0 spiro atoms. The maximum Gasteiger partial charge on any atom is 0.410 e. The quantitative estimate of drug-likeness (QED) is 0.107. The minimum Gasteiger partial charge on any atom is -0.508 e. The molecule has 2 aliphatic carbocycles. The van der Waals surface area contributed by atoms with E-state index in [0.717, 1.165) is 42.4 Å². The number of rotatable bonds is 16. The Hall–Kier alpha value is -4.26. The van der Waals surface area contributed by atoms with Crippen molar-refractivity contribution < 1.29 is 48.6 Å². The molecule has 0 bridgehead atoms. The number of ether oxygens (including phenoxy) is 5. The number of nitrogens with zero attached hydrogens (tertiary/aromatic N) is 2. The molecule has 276 valence electrons. The van der Waals surface area contributed by atoms with E-state index in [1.807, 2.05) is 18.2 Å². The van der Waals surface area contributed by atoms with Crippen LogP contribution in [-0.4, -0.2) is 84.2 Å². The minimum absolute atomic E-state index is 0.0487. The Kier molecular flexibility index (Phi) is 11.7. The summed E-state index contributed by atoms with van der Waals surface area (Å²) in [6.07, 6.45) is 8.20. The molecule has 0 radical (unpaired) electrons. The van der Waals surface area contributed by atoms with Crippen molar-refractivity contribution >= 4 is 11.8 Å². The third-order valence-corrected chi connectivity index (χ3v) is 10.5. The zero-order chi connectivity index (χ0) is 36.0. The number of hydrogen-bond donors (Lipinski definition) is 3. The Morgan fingerprint density at radius 1 is 1.06 bits per heavy atom. The standard InChI is InChI=1S/C39H50N2O10/c1-4-18-50-39-35(41(38(45)47-5-2)23-25-12-14-33-34(19-25)49-24-48-33)22-31(40-46-3)29-20-26(10-6-8-16-42)28(11-7-9-17-43)36(37(29)39)30-21-27(44)13-15-32(30)51-39/h4,12-15,19-21,26,28,35-37,42-44H,1,5-11,16-18,22-24H2,2-3H3/t26-,28+,35-,36+,37+,39+/m0/s1. The lowest BCUT2D eigenvalue weighted by molar-refractivity contribution is -0.256. The fourth-order valence-electron chi connectivity index (χ4n) is 8.51. The lowest BCUT2D eigenvalue weighted by Crippen LogP contribution is -2.70. The number of amides is 1. The highest BCUT2D eigenvalue weighted by molar-refractivity contribution is 6.02. The summed E-state index contributed by atoms with van der Waals surface area (Å²) in [4.78, 5) is 21.3. The van der Waals surface area contributed by atoms with Gasteiger partial charge in [-0.05, 0) is 85.9 Å². The van der Waals surface area contributed by atoms with Crippen LogP contribution in [0, 0.1) is 17.8 Å². The number of unbranched alkanes of at least 4 members (excludes halogenated alkanes) is 2. The molecule has 1 fully saturated rings.